The molecule has 26 heavy (non-hydrogen) atoms. The molecule has 2 heterocycles. The number of benzene rings is 1. The van der Waals surface area contributed by atoms with Crippen molar-refractivity contribution in [2.75, 3.05) is 13.1 Å². The van der Waals surface area contributed by atoms with Gasteiger partial charge in [0.25, 0.3) is 0 Å². The number of fused-ring (bicyclic) bond motifs is 1. The van der Waals surface area contributed by atoms with E-state index >= 15 is 0 Å². The van der Waals surface area contributed by atoms with Crippen molar-refractivity contribution in [2.45, 2.75) is 52.1 Å². The lowest BCUT2D eigenvalue weighted by Crippen LogP contribution is -2.47. The van der Waals surface area contributed by atoms with E-state index in [1.807, 2.05) is 4.68 Å². The van der Waals surface area contributed by atoms with Gasteiger partial charge in [-0.05, 0) is 25.8 Å². The summed E-state index contributed by atoms with van der Waals surface area (Å²) in [6.45, 7) is 8.91. The molecule has 0 radical (unpaired) electrons. The van der Waals surface area contributed by atoms with Crippen molar-refractivity contribution in [3.63, 3.8) is 0 Å². The smallest absolute Gasteiger partial charge is 0.191 e. The van der Waals surface area contributed by atoms with Crippen molar-refractivity contribution in [1.29, 1.82) is 0 Å². The first-order valence-corrected chi connectivity index (χ1v) is 9.13. The van der Waals surface area contributed by atoms with Gasteiger partial charge in [0.2, 0.25) is 0 Å². The van der Waals surface area contributed by atoms with E-state index in [-0.39, 0.29) is 24.0 Å². The van der Waals surface area contributed by atoms with Gasteiger partial charge < -0.3 is 10.6 Å². The second-order valence-corrected chi connectivity index (χ2v) is 6.77. The highest BCUT2D eigenvalue weighted by molar-refractivity contribution is 14.0. The van der Waals surface area contributed by atoms with Gasteiger partial charge in [0.15, 0.2) is 5.96 Å². The second-order valence-electron chi connectivity index (χ2n) is 6.77. The van der Waals surface area contributed by atoms with Crippen LogP contribution in [0.3, 0.4) is 0 Å². The number of nitrogens with one attached hydrogen (secondary N) is 2. The fourth-order valence-corrected chi connectivity index (χ4v) is 3.18. The number of halogens is 1. The molecule has 2 unspecified atom stereocenters. The molecule has 6 nitrogen and oxygen atoms in total. The highest BCUT2D eigenvalue weighted by atomic mass is 127. The molecule has 2 atom stereocenters. The lowest BCUT2D eigenvalue weighted by atomic mass is 10.00. The number of aromatic nitrogens is 3. The summed E-state index contributed by atoms with van der Waals surface area (Å²) in [4.78, 5) is 9.09. The van der Waals surface area contributed by atoms with E-state index in [0.29, 0.717) is 12.0 Å². The van der Waals surface area contributed by atoms with Gasteiger partial charge in [-0.2, -0.15) is 5.10 Å². The Morgan fingerprint density at radius 1 is 1.42 bits per heavy atom. The molecule has 0 aliphatic carbocycles. The van der Waals surface area contributed by atoms with Crippen molar-refractivity contribution < 1.29 is 0 Å². The summed E-state index contributed by atoms with van der Waals surface area (Å²) in [6, 6.07) is 9.01. The molecule has 1 aliphatic rings. The second kappa shape index (κ2) is 9.89. The van der Waals surface area contributed by atoms with Crippen molar-refractivity contribution in [3.8, 4) is 0 Å². The van der Waals surface area contributed by atoms with E-state index in [9.17, 15) is 0 Å². The maximum atomic E-state index is 4.81. The average Bonchev–Trinajstić information content (AvgIpc) is 3.07. The molecule has 2 N–H and O–H groups in total. The Balaban J connectivity index is 0.00000243. The summed E-state index contributed by atoms with van der Waals surface area (Å²) in [5.41, 5.74) is 2.63. The highest BCUT2D eigenvalue weighted by Gasteiger charge is 2.20. The third-order valence-corrected chi connectivity index (χ3v) is 4.62. The number of hydrogen-bond donors (Lipinski definition) is 2. The molecule has 1 aromatic carbocycles. The summed E-state index contributed by atoms with van der Waals surface area (Å²) in [6.07, 6.45) is 3.65. The van der Waals surface area contributed by atoms with E-state index in [1.54, 1.807) is 6.33 Å². The SMILES string of the molecule is CCNC(=NCC(C)c1cccc(C)c1)NC1CCc2ncnn2C1.I. The largest absolute Gasteiger partial charge is 0.357 e. The maximum Gasteiger partial charge on any atom is 0.191 e. The molecule has 0 bridgehead atoms. The van der Waals surface area contributed by atoms with Crippen molar-refractivity contribution >= 4 is 29.9 Å². The van der Waals surface area contributed by atoms with E-state index in [0.717, 1.165) is 44.3 Å². The van der Waals surface area contributed by atoms with Gasteiger partial charge in [-0.3, -0.25) is 4.99 Å². The van der Waals surface area contributed by atoms with Crippen LogP contribution >= 0.6 is 24.0 Å². The molecule has 1 aliphatic heterocycles. The van der Waals surface area contributed by atoms with Crippen LogP contribution in [0.15, 0.2) is 35.6 Å². The van der Waals surface area contributed by atoms with E-state index < -0.39 is 0 Å². The number of nitrogens with zero attached hydrogens (tertiary/aromatic N) is 4. The number of rotatable bonds is 5. The molecule has 0 spiro atoms. The highest BCUT2D eigenvalue weighted by Crippen LogP contribution is 2.17. The van der Waals surface area contributed by atoms with Gasteiger partial charge in [0.1, 0.15) is 12.2 Å². The lowest BCUT2D eigenvalue weighted by molar-refractivity contribution is 0.392. The number of hydrogen-bond acceptors (Lipinski definition) is 3. The molecule has 1 aromatic heterocycles. The standard InChI is InChI=1S/C19H28N6.HI/c1-4-20-19(21-11-15(3)16-7-5-6-14(2)10-16)24-17-8-9-18-22-13-23-25(18)12-17;/h5-7,10,13,15,17H,4,8-9,11-12H2,1-3H3,(H2,20,21,24);1H. The minimum atomic E-state index is 0. The summed E-state index contributed by atoms with van der Waals surface area (Å²) >= 11 is 0. The fourth-order valence-electron chi connectivity index (χ4n) is 3.18. The zero-order chi connectivity index (χ0) is 17.6. The topological polar surface area (TPSA) is 67.1 Å². The Kier molecular flexibility index (Phi) is 7.86. The first-order chi connectivity index (χ1) is 12.2. The van der Waals surface area contributed by atoms with Crippen LogP contribution in [0.2, 0.25) is 0 Å². The van der Waals surface area contributed by atoms with E-state index in [1.165, 1.54) is 11.1 Å². The molecule has 0 amide bonds. The molecule has 0 fully saturated rings. The normalized spacial score (nSPS) is 17.8. The Morgan fingerprint density at radius 3 is 3.04 bits per heavy atom. The van der Waals surface area contributed by atoms with Crippen LogP contribution in [0.1, 0.15) is 43.1 Å². The van der Waals surface area contributed by atoms with Crippen molar-refractivity contribution in [2.24, 2.45) is 4.99 Å². The molecule has 7 heteroatoms. The molecular formula is C19H29IN6. The van der Waals surface area contributed by atoms with Crippen molar-refractivity contribution in [3.05, 3.63) is 47.5 Å². The Hall–Kier alpha value is -1.64. The molecule has 0 saturated heterocycles. The summed E-state index contributed by atoms with van der Waals surface area (Å²) in [5.74, 6) is 2.35. The zero-order valence-corrected chi connectivity index (χ0v) is 18.1. The quantitative estimate of drug-likeness (QED) is 0.403. The van der Waals surface area contributed by atoms with Crippen LogP contribution in [0, 0.1) is 6.92 Å². The lowest BCUT2D eigenvalue weighted by Gasteiger charge is -2.25. The number of aryl methyl sites for hydroxylation is 2. The molecule has 2 aromatic rings. The monoisotopic (exact) mass is 468 g/mol. The first-order valence-electron chi connectivity index (χ1n) is 9.13. The van der Waals surface area contributed by atoms with Crippen molar-refractivity contribution in [1.82, 2.24) is 25.4 Å². The van der Waals surface area contributed by atoms with Crippen LogP contribution in [-0.4, -0.2) is 39.9 Å². The van der Waals surface area contributed by atoms with Crippen LogP contribution in [0.4, 0.5) is 0 Å². The molecule has 142 valence electrons. The van der Waals surface area contributed by atoms with E-state index in [2.05, 4.69) is 65.8 Å². The van der Waals surface area contributed by atoms with Gasteiger partial charge in [-0.15, -0.1) is 24.0 Å². The molecular weight excluding hydrogens is 439 g/mol. The summed E-state index contributed by atoms with van der Waals surface area (Å²) < 4.78 is 1.99. The predicted molar refractivity (Wildman–Crippen MR) is 116 cm³/mol. The maximum absolute atomic E-state index is 4.81. The van der Waals surface area contributed by atoms with Crippen LogP contribution in [-0.2, 0) is 13.0 Å². The van der Waals surface area contributed by atoms with Gasteiger partial charge in [-0.25, -0.2) is 9.67 Å². The predicted octanol–water partition coefficient (Wildman–Crippen LogP) is 2.88. The van der Waals surface area contributed by atoms with Crippen LogP contribution < -0.4 is 10.6 Å². The number of guanidine groups is 1. The minimum Gasteiger partial charge on any atom is -0.357 e. The van der Waals surface area contributed by atoms with E-state index in [4.69, 9.17) is 4.99 Å². The minimum absolute atomic E-state index is 0. The van der Waals surface area contributed by atoms with Gasteiger partial charge in [0, 0.05) is 31.5 Å². The zero-order valence-electron chi connectivity index (χ0n) is 15.8. The van der Waals surface area contributed by atoms with Crippen LogP contribution in [0.5, 0.6) is 0 Å². The summed E-state index contributed by atoms with van der Waals surface area (Å²) in [5, 5.41) is 11.2. The van der Waals surface area contributed by atoms with Gasteiger partial charge in [-0.1, -0.05) is 36.8 Å². The third kappa shape index (κ3) is 5.43. The first kappa shape index (κ1) is 20.7. The Bertz CT molecular complexity index is 726. The van der Waals surface area contributed by atoms with Gasteiger partial charge in [0.05, 0.1) is 6.54 Å². The molecule has 3 rings (SSSR count). The third-order valence-electron chi connectivity index (χ3n) is 4.62. The number of aliphatic imine (C=N–C) groups is 1. The molecule has 0 saturated carbocycles. The summed E-state index contributed by atoms with van der Waals surface area (Å²) in [7, 11) is 0. The Morgan fingerprint density at radius 2 is 2.27 bits per heavy atom. The van der Waals surface area contributed by atoms with Gasteiger partial charge >= 0.3 is 0 Å². The fraction of sp³-hybridized carbons (Fsp3) is 0.526. The Labute approximate surface area is 172 Å². The average molecular weight is 468 g/mol. The van der Waals surface area contributed by atoms with Crippen LogP contribution in [0.25, 0.3) is 0 Å².